The van der Waals surface area contributed by atoms with E-state index >= 15 is 4.39 Å². The first kappa shape index (κ1) is 29.3. The summed E-state index contributed by atoms with van der Waals surface area (Å²) in [5.41, 5.74) is -0.131. The number of pyridine rings is 1. The maximum absolute atomic E-state index is 15.1. The zero-order chi connectivity index (χ0) is 30.5. The summed E-state index contributed by atoms with van der Waals surface area (Å²) in [5.74, 6) is -1.76. The summed E-state index contributed by atoms with van der Waals surface area (Å²) in [4.78, 5) is 41.1. The zero-order valence-electron chi connectivity index (χ0n) is 23.7. The fourth-order valence-corrected chi connectivity index (χ4v) is 4.82. The number of nitrogens with zero attached hydrogens (tertiary/aromatic N) is 4. The molecule has 6 rings (SSSR count). The maximum atomic E-state index is 15.1. The highest BCUT2D eigenvalue weighted by Crippen LogP contribution is 2.47. The molecule has 0 atom stereocenters. The topological polar surface area (TPSA) is 128 Å². The summed E-state index contributed by atoms with van der Waals surface area (Å²) in [6, 6.07) is 10.7. The van der Waals surface area contributed by atoms with Crippen molar-refractivity contribution in [1.29, 1.82) is 0 Å². The predicted molar refractivity (Wildman–Crippen MR) is 157 cm³/mol. The van der Waals surface area contributed by atoms with Gasteiger partial charge in [0.2, 0.25) is 17.7 Å². The quantitative estimate of drug-likeness (QED) is 0.187. The van der Waals surface area contributed by atoms with Crippen LogP contribution in [0.1, 0.15) is 19.3 Å². The maximum Gasteiger partial charge on any atom is 0.240 e. The van der Waals surface area contributed by atoms with E-state index in [4.69, 9.17) is 14.2 Å². The van der Waals surface area contributed by atoms with Crippen LogP contribution in [-0.4, -0.2) is 71.1 Å². The average molecular weight is 605 g/mol. The van der Waals surface area contributed by atoms with Crippen molar-refractivity contribution in [3.05, 3.63) is 72.6 Å². The summed E-state index contributed by atoms with van der Waals surface area (Å²) >= 11 is 0. The standard InChI is InChI=1S/C31H30F2N6O5/c32-20-2-4-21(5-3-20)36-29(40)31(9-10-31)30(41)37-22-6-7-24(23(33)18-22)44-25-8-11-34-28-27(25)35-19-26(38-28)43-15-1-12-39-13-16-42-17-14-39/h2-8,11,18-19H,1,9-10,12-17H2,(H,36,40)(H,37,41). The first-order valence-electron chi connectivity index (χ1n) is 14.3. The molecule has 2 aromatic heterocycles. The number of amides is 2. The second-order valence-corrected chi connectivity index (χ2v) is 10.6. The van der Waals surface area contributed by atoms with Crippen molar-refractivity contribution in [2.75, 3.05) is 50.1 Å². The number of hydrogen-bond acceptors (Lipinski definition) is 9. The highest BCUT2D eigenvalue weighted by molar-refractivity contribution is 6.16. The smallest absolute Gasteiger partial charge is 0.240 e. The van der Waals surface area contributed by atoms with Crippen molar-refractivity contribution in [2.24, 2.45) is 5.41 Å². The van der Waals surface area contributed by atoms with Crippen LogP contribution in [0.2, 0.25) is 0 Å². The van der Waals surface area contributed by atoms with E-state index in [0.29, 0.717) is 36.5 Å². The number of fused-ring (bicyclic) bond motifs is 1. The van der Waals surface area contributed by atoms with Crippen molar-refractivity contribution in [3.8, 4) is 17.4 Å². The van der Waals surface area contributed by atoms with Gasteiger partial charge in [-0.3, -0.25) is 14.5 Å². The molecule has 1 aliphatic heterocycles. The molecule has 2 aromatic carbocycles. The third-order valence-electron chi connectivity index (χ3n) is 7.49. The monoisotopic (exact) mass is 604 g/mol. The molecular formula is C31H30F2N6O5. The van der Waals surface area contributed by atoms with Crippen LogP contribution in [0.15, 0.2) is 60.9 Å². The molecule has 0 radical (unpaired) electrons. The number of carbonyl (C=O) groups is 2. The third kappa shape index (κ3) is 6.74. The van der Waals surface area contributed by atoms with E-state index in [1.165, 1.54) is 48.8 Å². The number of ether oxygens (including phenoxy) is 3. The highest BCUT2D eigenvalue weighted by Gasteiger charge is 2.56. The average Bonchev–Trinajstić information content (AvgIpc) is 3.85. The van der Waals surface area contributed by atoms with Crippen molar-refractivity contribution >= 4 is 34.4 Å². The number of carbonyl (C=O) groups excluding carboxylic acids is 2. The number of morpholine rings is 1. The van der Waals surface area contributed by atoms with Gasteiger partial charge in [0.1, 0.15) is 11.2 Å². The van der Waals surface area contributed by atoms with Gasteiger partial charge in [-0.1, -0.05) is 0 Å². The molecule has 2 N–H and O–H groups in total. The number of hydrogen-bond donors (Lipinski definition) is 2. The number of rotatable bonds is 11. The minimum Gasteiger partial charge on any atom is -0.476 e. The molecule has 2 amide bonds. The summed E-state index contributed by atoms with van der Waals surface area (Å²) < 4.78 is 45.2. The fraction of sp³-hybridized carbons (Fsp3) is 0.323. The van der Waals surface area contributed by atoms with Gasteiger partial charge in [0.15, 0.2) is 28.5 Å². The van der Waals surface area contributed by atoms with E-state index in [2.05, 4.69) is 30.5 Å². The van der Waals surface area contributed by atoms with Gasteiger partial charge in [0.25, 0.3) is 0 Å². The Hall–Kier alpha value is -4.75. The Morgan fingerprint density at radius 1 is 0.932 bits per heavy atom. The van der Waals surface area contributed by atoms with E-state index in [9.17, 15) is 14.0 Å². The minimum absolute atomic E-state index is 0.101. The van der Waals surface area contributed by atoms with E-state index < -0.39 is 28.9 Å². The summed E-state index contributed by atoms with van der Waals surface area (Å²) in [6.45, 7) is 4.71. The van der Waals surface area contributed by atoms with Crippen LogP contribution in [0.3, 0.4) is 0 Å². The number of nitrogens with one attached hydrogen (secondary N) is 2. The molecule has 1 saturated carbocycles. The minimum atomic E-state index is -1.28. The third-order valence-corrected chi connectivity index (χ3v) is 7.49. The molecule has 0 unspecified atom stereocenters. The van der Waals surface area contributed by atoms with Crippen LogP contribution >= 0.6 is 0 Å². The molecule has 11 nitrogen and oxygen atoms in total. The van der Waals surface area contributed by atoms with E-state index in [0.717, 1.165) is 45.3 Å². The lowest BCUT2D eigenvalue weighted by Gasteiger charge is -2.26. The van der Waals surface area contributed by atoms with Gasteiger partial charge in [-0.05, 0) is 55.7 Å². The molecule has 1 aliphatic carbocycles. The van der Waals surface area contributed by atoms with Crippen LogP contribution in [0.25, 0.3) is 11.2 Å². The molecule has 0 bridgehead atoms. The SMILES string of the molecule is O=C(Nc1ccc(F)cc1)C1(C(=O)Nc2ccc(Oc3ccnc4nc(OCCCN5CCOCC5)cnc34)c(F)c2)CC1. The van der Waals surface area contributed by atoms with Gasteiger partial charge in [-0.25, -0.2) is 18.7 Å². The Kier molecular flexibility index (Phi) is 8.57. The summed E-state index contributed by atoms with van der Waals surface area (Å²) in [6.07, 6.45) is 4.46. The number of aromatic nitrogens is 3. The first-order chi connectivity index (χ1) is 21.4. The fourth-order valence-electron chi connectivity index (χ4n) is 4.82. The zero-order valence-corrected chi connectivity index (χ0v) is 23.7. The number of halogens is 2. The number of anilines is 2. The van der Waals surface area contributed by atoms with Crippen LogP contribution in [0.4, 0.5) is 20.2 Å². The molecule has 44 heavy (non-hydrogen) atoms. The second-order valence-electron chi connectivity index (χ2n) is 10.6. The Morgan fingerprint density at radius 3 is 2.39 bits per heavy atom. The molecule has 4 aromatic rings. The van der Waals surface area contributed by atoms with Gasteiger partial charge in [-0.15, -0.1) is 0 Å². The van der Waals surface area contributed by atoms with Crippen molar-refractivity contribution < 1.29 is 32.6 Å². The normalized spacial score (nSPS) is 15.9. The van der Waals surface area contributed by atoms with Crippen molar-refractivity contribution in [3.63, 3.8) is 0 Å². The molecule has 1 saturated heterocycles. The van der Waals surface area contributed by atoms with Crippen molar-refractivity contribution in [1.82, 2.24) is 19.9 Å². The number of benzene rings is 2. The summed E-state index contributed by atoms with van der Waals surface area (Å²) in [7, 11) is 0. The van der Waals surface area contributed by atoms with Crippen molar-refractivity contribution in [2.45, 2.75) is 19.3 Å². The Morgan fingerprint density at radius 2 is 1.66 bits per heavy atom. The van der Waals surface area contributed by atoms with Crippen LogP contribution in [-0.2, 0) is 14.3 Å². The van der Waals surface area contributed by atoms with Gasteiger partial charge < -0.3 is 24.8 Å². The van der Waals surface area contributed by atoms with Gasteiger partial charge in [0.05, 0.1) is 26.0 Å². The molecule has 228 valence electrons. The Balaban J connectivity index is 1.06. The Labute approximate surface area is 251 Å². The molecule has 2 fully saturated rings. The molecule has 2 aliphatic rings. The van der Waals surface area contributed by atoms with Crippen LogP contribution < -0.4 is 20.1 Å². The van der Waals surface area contributed by atoms with Gasteiger partial charge in [0, 0.05) is 49.3 Å². The van der Waals surface area contributed by atoms with Crippen LogP contribution in [0.5, 0.6) is 17.4 Å². The lowest BCUT2D eigenvalue weighted by Crippen LogP contribution is -2.37. The predicted octanol–water partition coefficient (Wildman–Crippen LogP) is 4.55. The Bertz CT molecular complexity index is 1660. The van der Waals surface area contributed by atoms with E-state index in [-0.39, 0.29) is 22.8 Å². The molecule has 0 spiro atoms. The van der Waals surface area contributed by atoms with E-state index in [1.54, 1.807) is 6.07 Å². The van der Waals surface area contributed by atoms with Gasteiger partial charge in [-0.2, -0.15) is 4.98 Å². The van der Waals surface area contributed by atoms with E-state index in [1.807, 2.05) is 0 Å². The second kappa shape index (κ2) is 12.9. The highest BCUT2D eigenvalue weighted by atomic mass is 19.1. The molecule has 3 heterocycles. The lowest BCUT2D eigenvalue weighted by molar-refractivity contribution is -0.131. The first-order valence-corrected chi connectivity index (χ1v) is 14.3. The molecule has 13 heteroatoms. The largest absolute Gasteiger partial charge is 0.476 e. The summed E-state index contributed by atoms with van der Waals surface area (Å²) in [5, 5.41) is 5.26. The van der Waals surface area contributed by atoms with Crippen LogP contribution in [0, 0.1) is 17.0 Å². The molecular weight excluding hydrogens is 574 g/mol. The van der Waals surface area contributed by atoms with Gasteiger partial charge >= 0.3 is 0 Å². The lowest BCUT2D eigenvalue weighted by atomic mass is 10.0.